The van der Waals surface area contributed by atoms with Gasteiger partial charge in [0.05, 0.1) is 0 Å². The Morgan fingerprint density at radius 3 is 2.14 bits per heavy atom. The van der Waals surface area contributed by atoms with Gasteiger partial charge in [0.15, 0.2) is 0 Å². The van der Waals surface area contributed by atoms with Crippen molar-refractivity contribution < 1.29 is 0 Å². The lowest BCUT2D eigenvalue weighted by Crippen LogP contribution is -2.30. The molecule has 0 amide bonds. The standard InChI is InChI=1S/C12H16N2/c1-3-10-14(11-4-2)13-12-8-6-5-7-9-12/h3-9,13H,1-2,10-11H2. The molecule has 1 rings (SSSR count). The molecule has 1 aromatic rings. The SMILES string of the molecule is C=CCN(CC=C)Nc1ccccc1. The first-order valence-electron chi connectivity index (χ1n) is 4.65. The highest BCUT2D eigenvalue weighted by Gasteiger charge is 1.98. The van der Waals surface area contributed by atoms with E-state index in [-0.39, 0.29) is 0 Å². The molecule has 0 bridgehead atoms. The average molecular weight is 188 g/mol. The van der Waals surface area contributed by atoms with Gasteiger partial charge in [-0.2, -0.15) is 0 Å². The first-order chi connectivity index (χ1) is 6.86. The largest absolute Gasteiger partial charge is 0.318 e. The van der Waals surface area contributed by atoms with Crippen LogP contribution in [0, 0.1) is 0 Å². The van der Waals surface area contributed by atoms with E-state index in [9.17, 15) is 0 Å². The number of rotatable bonds is 6. The summed E-state index contributed by atoms with van der Waals surface area (Å²) in [7, 11) is 0. The molecular formula is C12H16N2. The van der Waals surface area contributed by atoms with E-state index < -0.39 is 0 Å². The highest BCUT2D eigenvalue weighted by atomic mass is 15.5. The van der Waals surface area contributed by atoms with E-state index in [0.29, 0.717) is 0 Å². The quantitative estimate of drug-likeness (QED) is 0.545. The van der Waals surface area contributed by atoms with Crippen molar-refractivity contribution in [2.45, 2.75) is 0 Å². The number of hydrogen-bond acceptors (Lipinski definition) is 2. The number of para-hydroxylation sites is 1. The molecule has 0 spiro atoms. The second-order valence-corrected chi connectivity index (χ2v) is 2.96. The van der Waals surface area contributed by atoms with Crippen LogP contribution in [0.4, 0.5) is 5.69 Å². The molecule has 0 fully saturated rings. The van der Waals surface area contributed by atoms with Gasteiger partial charge in [-0.1, -0.05) is 30.4 Å². The topological polar surface area (TPSA) is 15.3 Å². The van der Waals surface area contributed by atoms with E-state index in [1.54, 1.807) is 0 Å². The maximum absolute atomic E-state index is 3.71. The summed E-state index contributed by atoms with van der Waals surface area (Å²) in [5, 5.41) is 2.04. The molecule has 0 heterocycles. The van der Waals surface area contributed by atoms with E-state index in [4.69, 9.17) is 0 Å². The van der Waals surface area contributed by atoms with Gasteiger partial charge in [-0.3, -0.25) is 0 Å². The molecule has 74 valence electrons. The molecule has 0 aliphatic carbocycles. The first-order valence-corrected chi connectivity index (χ1v) is 4.65. The zero-order chi connectivity index (χ0) is 10.2. The van der Waals surface area contributed by atoms with Crippen LogP contribution in [0.2, 0.25) is 0 Å². The van der Waals surface area contributed by atoms with Crippen molar-refractivity contribution in [3.8, 4) is 0 Å². The third kappa shape index (κ3) is 3.46. The smallest absolute Gasteiger partial charge is 0.0490 e. The van der Waals surface area contributed by atoms with Crippen LogP contribution in [0.1, 0.15) is 0 Å². The number of anilines is 1. The van der Waals surface area contributed by atoms with Gasteiger partial charge in [0.25, 0.3) is 0 Å². The minimum absolute atomic E-state index is 0.793. The fraction of sp³-hybridized carbons (Fsp3) is 0.167. The van der Waals surface area contributed by atoms with Crippen LogP contribution >= 0.6 is 0 Å². The van der Waals surface area contributed by atoms with Crippen molar-refractivity contribution in [3.05, 3.63) is 55.6 Å². The molecule has 0 saturated carbocycles. The molecule has 0 aliphatic heterocycles. The maximum atomic E-state index is 3.71. The molecule has 0 atom stereocenters. The Kier molecular flexibility index (Phi) is 4.51. The highest BCUT2D eigenvalue weighted by molar-refractivity contribution is 5.41. The number of hydrazine groups is 1. The zero-order valence-electron chi connectivity index (χ0n) is 8.32. The summed E-state index contributed by atoms with van der Waals surface area (Å²) in [6, 6.07) is 10.1. The minimum atomic E-state index is 0.793. The molecular weight excluding hydrogens is 172 g/mol. The minimum Gasteiger partial charge on any atom is -0.318 e. The molecule has 2 nitrogen and oxygen atoms in total. The van der Waals surface area contributed by atoms with Gasteiger partial charge in [-0.05, 0) is 12.1 Å². The third-order valence-corrected chi connectivity index (χ3v) is 1.76. The lowest BCUT2D eigenvalue weighted by atomic mass is 10.3. The van der Waals surface area contributed by atoms with Crippen LogP contribution < -0.4 is 5.43 Å². The summed E-state index contributed by atoms with van der Waals surface area (Å²) < 4.78 is 0. The van der Waals surface area contributed by atoms with Crippen LogP contribution in [0.5, 0.6) is 0 Å². The Hall–Kier alpha value is -1.54. The first kappa shape index (κ1) is 10.5. The lowest BCUT2D eigenvalue weighted by Gasteiger charge is -2.21. The Bertz CT molecular complexity index is 270. The Morgan fingerprint density at radius 1 is 1.07 bits per heavy atom. The van der Waals surface area contributed by atoms with Gasteiger partial charge < -0.3 is 5.43 Å². The summed E-state index contributed by atoms with van der Waals surface area (Å²) in [5.74, 6) is 0. The number of nitrogens with zero attached hydrogens (tertiary/aromatic N) is 1. The second-order valence-electron chi connectivity index (χ2n) is 2.96. The Balaban J connectivity index is 2.54. The summed E-state index contributed by atoms with van der Waals surface area (Å²) >= 11 is 0. The summed E-state index contributed by atoms with van der Waals surface area (Å²) in [6.07, 6.45) is 3.72. The van der Waals surface area contributed by atoms with Crippen molar-refractivity contribution in [3.63, 3.8) is 0 Å². The number of hydrogen-bond donors (Lipinski definition) is 1. The van der Waals surface area contributed by atoms with Gasteiger partial charge in [0, 0.05) is 18.8 Å². The molecule has 0 radical (unpaired) electrons. The van der Waals surface area contributed by atoms with Crippen LogP contribution in [0.25, 0.3) is 0 Å². The van der Waals surface area contributed by atoms with E-state index in [1.165, 1.54) is 0 Å². The van der Waals surface area contributed by atoms with Gasteiger partial charge in [-0.25, -0.2) is 5.01 Å². The van der Waals surface area contributed by atoms with Crippen molar-refractivity contribution in [2.24, 2.45) is 0 Å². The average Bonchev–Trinajstić information content (AvgIpc) is 2.20. The second kappa shape index (κ2) is 6.00. The summed E-state index contributed by atoms with van der Waals surface area (Å²) in [6.45, 7) is 9.00. The van der Waals surface area contributed by atoms with Crippen molar-refractivity contribution in [2.75, 3.05) is 18.5 Å². The number of nitrogens with one attached hydrogen (secondary N) is 1. The highest BCUT2D eigenvalue weighted by Crippen LogP contribution is 2.06. The Labute approximate surface area is 85.5 Å². The molecule has 2 heteroatoms. The third-order valence-electron chi connectivity index (χ3n) is 1.76. The van der Waals surface area contributed by atoms with Crippen LogP contribution in [0.3, 0.4) is 0 Å². The van der Waals surface area contributed by atoms with Crippen LogP contribution in [-0.2, 0) is 0 Å². The van der Waals surface area contributed by atoms with Gasteiger partial charge in [0.1, 0.15) is 0 Å². The maximum Gasteiger partial charge on any atom is 0.0490 e. The lowest BCUT2D eigenvalue weighted by molar-refractivity contribution is 0.406. The zero-order valence-corrected chi connectivity index (χ0v) is 8.32. The van der Waals surface area contributed by atoms with E-state index in [1.807, 2.05) is 47.5 Å². The van der Waals surface area contributed by atoms with Crippen LogP contribution in [0.15, 0.2) is 55.6 Å². The molecule has 14 heavy (non-hydrogen) atoms. The summed E-state index contributed by atoms with van der Waals surface area (Å²) in [5.41, 5.74) is 4.35. The van der Waals surface area contributed by atoms with Crippen molar-refractivity contribution in [1.29, 1.82) is 0 Å². The monoisotopic (exact) mass is 188 g/mol. The van der Waals surface area contributed by atoms with Gasteiger partial charge in [0.2, 0.25) is 0 Å². The van der Waals surface area contributed by atoms with E-state index in [0.717, 1.165) is 18.8 Å². The molecule has 1 N–H and O–H groups in total. The predicted octanol–water partition coefficient (Wildman–Crippen LogP) is 2.69. The molecule has 0 aromatic heterocycles. The molecule has 0 unspecified atom stereocenters. The summed E-state index contributed by atoms with van der Waals surface area (Å²) in [4.78, 5) is 0. The van der Waals surface area contributed by atoms with Crippen molar-refractivity contribution in [1.82, 2.24) is 5.01 Å². The normalized spacial score (nSPS) is 9.79. The molecule has 1 aromatic carbocycles. The Morgan fingerprint density at radius 2 is 1.64 bits per heavy atom. The van der Waals surface area contributed by atoms with E-state index in [2.05, 4.69) is 18.6 Å². The molecule has 0 saturated heterocycles. The fourth-order valence-electron chi connectivity index (χ4n) is 1.17. The van der Waals surface area contributed by atoms with E-state index >= 15 is 0 Å². The van der Waals surface area contributed by atoms with Crippen LogP contribution in [-0.4, -0.2) is 18.1 Å². The van der Waals surface area contributed by atoms with Crippen molar-refractivity contribution >= 4 is 5.69 Å². The van der Waals surface area contributed by atoms with Gasteiger partial charge >= 0.3 is 0 Å². The molecule has 0 aliphatic rings. The van der Waals surface area contributed by atoms with Gasteiger partial charge in [-0.15, -0.1) is 13.2 Å². The number of benzene rings is 1. The predicted molar refractivity (Wildman–Crippen MR) is 62.0 cm³/mol. The fourth-order valence-corrected chi connectivity index (χ4v) is 1.17.